The summed E-state index contributed by atoms with van der Waals surface area (Å²) in [5.74, 6) is 0.0200. The van der Waals surface area contributed by atoms with Crippen LogP contribution in [0.3, 0.4) is 0 Å². The summed E-state index contributed by atoms with van der Waals surface area (Å²) in [6, 6.07) is 4.03. The number of carbonyl (C=O) groups excluding carboxylic acids is 1. The van der Waals surface area contributed by atoms with Crippen molar-refractivity contribution in [3.63, 3.8) is 0 Å². The average molecular weight is 194 g/mol. The lowest BCUT2D eigenvalue weighted by atomic mass is 10.2. The Morgan fingerprint density at radius 3 is 3.08 bits per heavy atom. The van der Waals surface area contributed by atoms with Crippen molar-refractivity contribution < 1.29 is 4.79 Å². The van der Waals surface area contributed by atoms with Gasteiger partial charge in [-0.05, 0) is 11.4 Å². The van der Waals surface area contributed by atoms with Gasteiger partial charge in [-0.15, -0.1) is 11.3 Å². The van der Waals surface area contributed by atoms with Crippen LogP contribution in [0.5, 0.6) is 0 Å². The Bertz CT molecular complexity index is 343. The lowest BCUT2D eigenvalue weighted by molar-refractivity contribution is -0.128. The molecule has 2 rings (SSSR count). The topological polar surface area (TPSA) is 32.7 Å². The first kappa shape index (κ1) is 8.44. The van der Waals surface area contributed by atoms with Gasteiger partial charge in [-0.3, -0.25) is 4.79 Å². The lowest BCUT2D eigenvalue weighted by Crippen LogP contribution is -2.19. The van der Waals surface area contributed by atoms with Crippen LogP contribution in [0, 0.1) is 0 Å². The van der Waals surface area contributed by atoms with Gasteiger partial charge >= 0.3 is 0 Å². The highest BCUT2D eigenvalue weighted by Gasteiger charge is 2.18. The van der Waals surface area contributed by atoms with Crippen molar-refractivity contribution >= 4 is 23.0 Å². The molecule has 0 aliphatic carbocycles. The van der Waals surface area contributed by atoms with E-state index in [2.05, 4.69) is 5.10 Å². The summed E-state index contributed by atoms with van der Waals surface area (Å²) in [6.07, 6.45) is 0.875. The van der Waals surface area contributed by atoms with E-state index in [-0.39, 0.29) is 5.91 Å². The Morgan fingerprint density at radius 2 is 2.54 bits per heavy atom. The molecule has 0 fully saturated rings. The van der Waals surface area contributed by atoms with Crippen LogP contribution in [0.25, 0.3) is 0 Å². The van der Waals surface area contributed by atoms with Crippen molar-refractivity contribution in [1.82, 2.24) is 5.01 Å². The molecule has 0 saturated heterocycles. The molecule has 4 heteroatoms. The normalized spacial score (nSPS) is 16.1. The molecule has 1 aromatic heterocycles. The van der Waals surface area contributed by atoms with E-state index in [1.807, 2.05) is 17.5 Å². The number of hydrogen-bond donors (Lipinski definition) is 0. The summed E-state index contributed by atoms with van der Waals surface area (Å²) in [5, 5.41) is 7.79. The van der Waals surface area contributed by atoms with Crippen LogP contribution < -0.4 is 0 Å². The molecule has 3 nitrogen and oxygen atoms in total. The first-order chi connectivity index (χ1) is 6.27. The fourth-order valence-electron chi connectivity index (χ4n) is 1.30. The monoisotopic (exact) mass is 194 g/mol. The van der Waals surface area contributed by atoms with E-state index < -0.39 is 0 Å². The summed E-state index contributed by atoms with van der Waals surface area (Å²) in [5.41, 5.74) is 1.03. The molecule has 0 atom stereocenters. The molecule has 0 aromatic carbocycles. The Morgan fingerprint density at radius 1 is 1.69 bits per heavy atom. The van der Waals surface area contributed by atoms with Crippen molar-refractivity contribution in [3.05, 3.63) is 22.4 Å². The third-order valence-electron chi connectivity index (χ3n) is 1.97. The molecule has 1 aliphatic heterocycles. The van der Waals surface area contributed by atoms with Crippen LogP contribution in [0.15, 0.2) is 22.6 Å². The smallest absolute Gasteiger partial charge is 0.239 e. The molecule has 0 bridgehead atoms. The van der Waals surface area contributed by atoms with Crippen LogP contribution in [0.1, 0.15) is 18.2 Å². The SMILES string of the molecule is CC(=O)N1CCC(c2cccs2)=N1. The fourth-order valence-corrected chi connectivity index (χ4v) is 2.04. The summed E-state index contributed by atoms with van der Waals surface area (Å²) in [7, 11) is 0. The molecule has 0 spiro atoms. The molecule has 0 unspecified atom stereocenters. The zero-order valence-corrected chi connectivity index (χ0v) is 8.17. The third-order valence-corrected chi connectivity index (χ3v) is 2.89. The molecule has 0 saturated carbocycles. The van der Waals surface area contributed by atoms with Crippen LogP contribution in [0.2, 0.25) is 0 Å². The van der Waals surface area contributed by atoms with E-state index in [0.29, 0.717) is 0 Å². The number of hydrazone groups is 1. The molecule has 0 N–H and O–H groups in total. The van der Waals surface area contributed by atoms with E-state index >= 15 is 0 Å². The van der Waals surface area contributed by atoms with E-state index in [1.165, 1.54) is 9.89 Å². The maximum absolute atomic E-state index is 11.0. The summed E-state index contributed by atoms with van der Waals surface area (Å²) in [6.45, 7) is 2.27. The minimum absolute atomic E-state index is 0.0200. The van der Waals surface area contributed by atoms with Gasteiger partial charge in [0.25, 0.3) is 0 Å². The van der Waals surface area contributed by atoms with Crippen molar-refractivity contribution in [2.24, 2.45) is 5.10 Å². The largest absolute Gasteiger partial charge is 0.273 e. The van der Waals surface area contributed by atoms with Crippen molar-refractivity contribution in [1.29, 1.82) is 0 Å². The molecular weight excluding hydrogens is 184 g/mol. The van der Waals surface area contributed by atoms with E-state index in [9.17, 15) is 4.79 Å². The van der Waals surface area contributed by atoms with Gasteiger partial charge in [0.15, 0.2) is 0 Å². The first-order valence-electron chi connectivity index (χ1n) is 4.17. The zero-order valence-electron chi connectivity index (χ0n) is 7.36. The number of hydrogen-bond acceptors (Lipinski definition) is 3. The van der Waals surface area contributed by atoms with Gasteiger partial charge in [-0.2, -0.15) is 5.10 Å². The lowest BCUT2D eigenvalue weighted by Gasteiger charge is -2.05. The van der Waals surface area contributed by atoms with Gasteiger partial charge in [0, 0.05) is 13.3 Å². The molecular formula is C9H10N2OS. The van der Waals surface area contributed by atoms with Gasteiger partial charge in [-0.25, -0.2) is 5.01 Å². The molecule has 1 aliphatic rings. The summed E-state index contributed by atoms with van der Waals surface area (Å²) >= 11 is 1.67. The average Bonchev–Trinajstić information content (AvgIpc) is 2.75. The quantitative estimate of drug-likeness (QED) is 0.669. The Kier molecular flexibility index (Phi) is 2.14. The highest BCUT2D eigenvalue weighted by Crippen LogP contribution is 2.17. The highest BCUT2D eigenvalue weighted by atomic mass is 32.1. The molecule has 1 amide bonds. The Hall–Kier alpha value is -1.16. The number of nitrogens with zero attached hydrogens (tertiary/aromatic N) is 2. The minimum Gasteiger partial charge on any atom is -0.273 e. The maximum Gasteiger partial charge on any atom is 0.239 e. The summed E-state index contributed by atoms with van der Waals surface area (Å²) < 4.78 is 0. The van der Waals surface area contributed by atoms with Gasteiger partial charge in [0.1, 0.15) is 0 Å². The first-order valence-corrected chi connectivity index (χ1v) is 5.05. The van der Waals surface area contributed by atoms with Crippen molar-refractivity contribution in [2.75, 3.05) is 6.54 Å². The van der Waals surface area contributed by atoms with E-state index in [0.717, 1.165) is 18.7 Å². The minimum atomic E-state index is 0.0200. The zero-order chi connectivity index (χ0) is 9.26. The number of rotatable bonds is 1. The summed E-state index contributed by atoms with van der Waals surface area (Å²) in [4.78, 5) is 12.2. The van der Waals surface area contributed by atoms with Crippen molar-refractivity contribution in [3.8, 4) is 0 Å². The van der Waals surface area contributed by atoms with Crippen LogP contribution in [-0.2, 0) is 4.79 Å². The molecule has 0 radical (unpaired) electrons. The second-order valence-corrected chi connectivity index (χ2v) is 3.86. The highest BCUT2D eigenvalue weighted by molar-refractivity contribution is 7.12. The maximum atomic E-state index is 11.0. The van der Waals surface area contributed by atoms with Crippen LogP contribution in [0.4, 0.5) is 0 Å². The molecule has 68 valence electrons. The molecule has 13 heavy (non-hydrogen) atoms. The second-order valence-electron chi connectivity index (χ2n) is 2.92. The standard InChI is InChI=1S/C9H10N2OS/c1-7(12)11-5-4-8(10-11)9-3-2-6-13-9/h2-3,6H,4-5H2,1H3. The van der Waals surface area contributed by atoms with Crippen LogP contribution in [-0.4, -0.2) is 23.2 Å². The fraction of sp³-hybridized carbons (Fsp3) is 0.333. The van der Waals surface area contributed by atoms with E-state index in [1.54, 1.807) is 18.3 Å². The Balaban J connectivity index is 2.20. The van der Waals surface area contributed by atoms with Gasteiger partial charge in [0.05, 0.1) is 17.1 Å². The predicted octanol–water partition coefficient (Wildman–Crippen LogP) is 1.70. The van der Waals surface area contributed by atoms with Crippen LogP contribution >= 0.6 is 11.3 Å². The van der Waals surface area contributed by atoms with Gasteiger partial charge in [-0.1, -0.05) is 6.07 Å². The van der Waals surface area contributed by atoms with Gasteiger partial charge in [0.2, 0.25) is 5.91 Å². The predicted molar refractivity (Wildman–Crippen MR) is 52.9 cm³/mol. The van der Waals surface area contributed by atoms with Crippen molar-refractivity contribution in [2.45, 2.75) is 13.3 Å². The number of amides is 1. The number of thiophene rings is 1. The van der Waals surface area contributed by atoms with E-state index in [4.69, 9.17) is 0 Å². The third kappa shape index (κ3) is 1.62. The number of carbonyl (C=O) groups is 1. The Labute approximate surface area is 80.7 Å². The molecule has 2 heterocycles. The molecule has 1 aromatic rings. The van der Waals surface area contributed by atoms with Gasteiger partial charge < -0.3 is 0 Å². The second kappa shape index (κ2) is 3.30.